The van der Waals surface area contributed by atoms with Crippen LogP contribution in [0, 0.1) is 5.92 Å². The molecule has 19 heavy (non-hydrogen) atoms. The lowest BCUT2D eigenvalue weighted by atomic mass is 9.94. The maximum Gasteiger partial charge on any atom is 0.391 e. The summed E-state index contributed by atoms with van der Waals surface area (Å²) in [5, 5.41) is 12.5. The van der Waals surface area contributed by atoms with E-state index < -0.39 is 30.7 Å². The van der Waals surface area contributed by atoms with Crippen molar-refractivity contribution in [3.8, 4) is 0 Å². The van der Waals surface area contributed by atoms with Crippen molar-refractivity contribution in [3.05, 3.63) is 0 Å². The molecule has 0 aromatic heterocycles. The lowest BCUT2D eigenvalue weighted by Crippen LogP contribution is -2.58. The van der Waals surface area contributed by atoms with Crippen LogP contribution in [0.5, 0.6) is 0 Å². The molecule has 7 heteroatoms. The maximum atomic E-state index is 12.0. The van der Waals surface area contributed by atoms with Crippen LogP contribution in [0.4, 0.5) is 13.2 Å². The maximum absolute atomic E-state index is 12.0. The Balaban J connectivity index is 1.87. The summed E-state index contributed by atoms with van der Waals surface area (Å²) in [5.74, 6) is -1.05. The van der Waals surface area contributed by atoms with Gasteiger partial charge in [0, 0.05) is 6.04 Å². The smallest absolute Gasteiger partial charge is 0.391 e. The van der Waals surface area contributed by atoms with Crippen LogP contribution < -0.4 is 5.32 Å². The molecule has 2 aliphatic carbocycles. The van der Waals surface area contributed by atoms with Crippen molar-refractivity contribution in [2.24, 2.45) is 5.92 Å². The number of aliphatic carboxylic acids is 1. The van der Waals surface area contributed by atoms with E-state index in [-0.39, 0.29) is 18.6 Å². The number of carbonyl (C=O) groups is 1. The summed E-state index contributed by atoms with van der Waals surface area (Å²) < 4.78 is 41.0. The van der Waals surface area contributed by atoms with Crippen molar-refractivity contribution < 1.29 is 27.8 Å². The van der Waals surface area contributed by atoms with Crippen molar-refractivity contribution in [2.45, 2.75) is 49.9 Å². The van der Waals surface area contributed by atoms with Crippen LogP contribution in [0.15, 0.2) is 0 Å². The molecule has 0 heterocycles. The van der Waals surface area contributed by atoms with E-state index in [0.29, 0.717) is 0 Å². The van der Waals surface area contributed by atoms with Gasteiger partial charge in [-0.25, -0.2) is 0 Å². The van der Waals surface area contributed by atoms with Crippen LogP contribution in [0.1, 0.15) is 32.1 Å². The van der Waals surface area contributed by atoms with Crippen molar-refractivity contribution in [1.82, 2.24) is 5.32 Å². The minimum absolute atomic E-state index is 0.0310. The number of carboxylic acid groups (broad SMARTS) is 1. The number of halogens is 3. The quantitative estimate of drug-likeness (QED) is 0.668. The Labute approximate surface area is 109 Å². The van der Waals surface area contributed by atoms with Gasteiger partial charge in [-0.05, 0) is 31.6 Å². The van der Waals surface area contributed by atoms with Gasteiger partial charge in [0.15, 0.2) is 0 Å². The summed E-state index contributed by atoms with van der Waals surface area (Å²) in [6.45, 7) is -0.683. The predicted octanol–water partition coefficient (Wildman–Crippen LogP) is 1.94. The van der Waals surface area contributed by atoms with E-state index in [2.05, 4.69) is 5.32 Å². The summed E-state index contributed by atoms with van der Waals surface area (Å²) in [6, 6.07) is 0.169. The lowest BCUT2D eigenvalue weighted by Gasteiger charge is -2.30. The Bertz CT molecular complexity index is 340. The molecule has 0 bridgehead atoms. The average Bonchev–Trinajstić information content (AvgIpc) is 3.12. The van der Waals surface area contributed by atoms with Gasteiger partial charge < -0.3 is 9.84 Å². The Hall–Kier alpha value is -0.820. The van der Waals surface area contributed by atoms with E-state index in [0.717, 1.165) is 25.7 Å². The Morgan fingerprint density at radius 1 is 1.26 bits per heavy atom. The topological polar surface area (TPSA) is 58.6 Å². The van der Waals surface area contributed by atoms with E-state index >= 15 is 0 Å². The second-order valence-corrected chi connectivity index (χ2v) is 5.39. The van der Waals surface area contributed by atoms with Gasteiger partial charge in [0.05, 0.1) is 19.6 Å². The van der Waals surface area contributed by atoms with E-state index in [1.807, 2.05) is 0 Å². The van der Waals surface area contributed by atoms with Gasteiger partial charge in [-0.2, -0.15) is 13.2 Å². The summed E-state index contributed by atoms with van der Waals surface area (Å²) in [6.07, 6.45) is -1.90. The van der Waals surface area contributed by atoms with Gasteiger partial charge in [-0.15, -0.1) is 0 Å². The SMILES string of the molecule is O=C(O)C(COCCC(F)(F)F)(NC1CC1)C1CC1. The van der Waals surface area contributed by atoms with Gasteiger partial charge >= 0.3 is 12.1 Å². The number of nitrogens with one attached hydrogen (secondary N) is 1. The van der Waals surface area contributed by atoms with E-state index in [4.69, 9.17) is 4.74 Å². The van der Waals surface area contributed by atoms with Crippen LogP contribution in [0.25, 0.3) is 0 Å². The van der Waals surface area contributed by atoms with Crippen LogP contribution in [0.3, 0.4) is 0 Å². The first-order valence-corrected chi connectivity index (χ1v) is 6.49. The fourth-order valence-electron chi connectivity index (χ4n) is 2.16. The Morgan fingerprint density at radius 2 is 1.89 bits per heavy atom. The van der Waals surface area contributed by atoms with Gasteiger partial charge in [0.1, 0.15) is 5.54 Å². The first kappa shape index (κ1) is 14.6. The normalized spacial score (nSPS) is 23.1. The summed E-state index contributed by atoms with van der Waals surface area (Å²) in [7, 11) is 0. The van der Waals surface area contributed by atoms with Gasteiger partial charge in [0.25, 0.3) is 0 Å². The zero-order valence-electron chi connectivity index (χ0n) is 10.5. The molecule has 0 aliphatic heterocycles. The number of rotatable bonds is 8. The number of hydrogen-bond acceptors (Lipinski definition) is 3. The first-order chi connectivity index (χ1) is 8.83. The number of carboxylic acids is 1. The minimum atomic E-state index is -4.27. The van der Waals surface area contributed by atoms with Crippen LogP contribution >= 0.6 is 0 Å². The number of alkyl halides is 3. The van der Waals surface area contributed by atoms with E-state index in [1.165, 1.54) is 0 Å². The second kappa shape index (κ2) is 5.28. The van der Waals surface area contributed by atoms with E-state index in [9.17, 15) is 23.1 Å². The highest BCUT2D eigenvalue weighted by Gasteiger charge is 2.53. The van der Waals surface area contributed by atoms with Gasteiger partial charge in [-0.1, -0.05) is 0 Å². The largest absolute Gasteiger partial charge is 0.480 e. The predicted molar refractivity (Wildman–Crippen MR) is 60.7 cm³/mol. The molecule has 0 amide bonds. The van der Waals surface area contributed by atoms with E-state index in [1.54, 1.807) is 0 Å². The summed E-state index contributed by atoms with van der Waals surface area (Å²) in [5.41, 5.74) is -1.20. The molecule has 1 atom stereocenters. The Kier molecular flexibility index (Phi) is 4.06. The van der Waals surface area contributed by atoms with Crippen LogP contribution in [-0.4, -0.2) is 42.0 Å². The fourth-order valence-corrected chi connectivity index (χ4v) is 2.16. The molecular formula is C12H18F3NO3. The third-order valence-corrected chi connectivity index (χ3v) is 3.55. The van der Waals surface area contributed by atoms with Gasteiger partial charge in [0.2, 0.25) is 0 Å². The van der Waals surface area contributed by atoms with Crippen molar-refractivity contribution in [3.63, 3.8) is 0 Å². The molecule has 2 saturated carbocycles. The first-order valence-electron chi connectivity index (χ1n) is 6.49. The molecule has 0 aromatic rings. The molecule has 0 spiro atoms. The fraction of sp³-hybridized carbons (Fsp3) is 0.917. The van der Waals surface area contributed by atoms with Crippen molar-refractivity contribution in [2.75, 3.05) is 13.2 Å². The van der Waals surface area contributed by atoms with Crippen LogP contribution in [-0.2, 0) is 9.53 Å². The Morgan fingerprint density at radius 3 is 2.32 bits per heavy atom. The van der Waals surface area contributed by atoms with Crippen LogP contribution in [0.2, 0.25) is 0 Å². The third-order valence-electron chi connectivity index (χ3n) is 3.55. The summed E-state index contributed by atoms with van der Waals surface area (Å²) in [4.78, 5) is 11.5. The molecule has 0 aromatic carbocycles. The third kappa shape index (κ3) is 4.07. The minimum Gasteiger partial charge on any atom is -0.480 e. The van der Waals surface area contributed by atoms with Crippen molar-refractivity contribution in [1.29, 1.82) is 0 Å². The second-order valence-electron chi connectivity index (χ2n) is 5.39. The zero-order chi connectivity index (χ0) is 14.1. The molecule has 0 saturated heterocycles. The highest BCUT2D eigenvalue weighted by atomic mass is 19.4. The highest BCUT2D eigenvalue weighted by Crippen LogP contribution is 2.42. The zero-order valence-corrected chi connectivity index (χ0v) is 10.5. The molecule has 2 N–H and O–H groups in total. The monoisotopic (exact) mass is 281 g/mol. The summed E-state index contributed by atoms with van der Waals surface area (Å²) >= 11 is 0. The van der Waals surface area contributed by atoms with Gasteiger partial charge in [-0.3, -0.25) is 10.1 Å². The van der Waals surface area contributed by atoms with Crippen molar-refractivity contribution >= 4 is 5.97 Å². The molecule has 2 rings (SSSR count). The standard InChI is InChI=1S/C12H18F3NO3/c13-12(14,15)5-6-19-7-11(10(17)18,8-1-2-8)16-9-3-4-9/h8-9,16H,1-7H2,(H,17,18). The number of hydrogen-bond donors (Lipinski definition) is 2. The molecule has 110 valence electrons. The molecule has 4 nitrogen and oxygen atoms in total. The highest BCUT2D eigenvalue weighted by molar-refractivity contribution is 5.80. The molecular weight excluding hydrogens is 263 g/mol. The molecule has 0 radical (unpaired) electrons. The number of ether oxygens (including phenoxy) is 1. The lowest BCUT2D eigenvalue weighted by molar-refractivity contribution is -0.155. The average molecular weight is 281 g/mol. The molecule has 1 unspecified atom stereocenters. The molecule has 2 aliphatic rings. The molecule has 2 fully saturated rings.